The van der Waals surface area contributed by atoms with E-state index in [1.165, 1.54) is 17.6 Å². The average molecular weight is 230 g/mol. The maximum atomic E-state index is 10.8. The van der Waals surface area contributed by atoms with Crippen molar-refractivity contribution in [3.8, 4) is 10.6 Å². The lowest BCUT2D eigenvalue weighted by molar-refractivity contribution is 0.0691. The Morgan fingerprint density at radius 1 is 1.31 bits per heavy atom. The third kappa shape index (κ3) is 1.25. The zero-order valence-corrected chi connectivity index (χ0v) is 8.86. The van der Waals surface area contributed by atoms with Crippen molar-refractivity contribution >= 4 is 28.4 Å². The minimum absolute atomic E-state index is 0.0420. The van der Waals surface area contributed by atoms with Crippen LogP contribution in [0.2, 0.25) is 0 Å². The minimum Gasteiger partial charge on any atom is -0.476 e. The van der Waals surface area contributed by atoms with Gasteiger partial charge in [0.2, 0.25) is 0 Å². The Kier molecular flexibility index (Phi) is 1.87. The molecule has 0 bridgehead atoms. The SMILES string of the molecule is O=C(O)c1cc2nc3ccccc3c-2sn1. The van der Waals surface area contributed by atoms with E-state index in [0.717, 1.165) is 15.8 Å². The van der Waals surface area contributed by atoms with Crippen molar-refractivity contribution in [3.63, 3.8) is 0 Å². The van der Waals surface area contributed by atoms with Gasteiger partial charge in [-0.3, -0.25) is 0 Å². The Bertz CT molecular complexity index is 662. The monoisotopic (exact) mass is 230 g/mol. The molecule has 0 saturated heterocycles. The first-order valence-corrected chi connectivity index (χ1v) is 5.41. The third-order valence-electron chi connectivity index (χ3n) is 2.35. The fourth-order valence-corrected chi connectivity index (χ4v) is 2.42. The third-order valence-corrected chi connectivity index (χ3v) is 3.25. The Hall–Kier alpha value is -2.01. The van der Waals surface area contributed by atoms with E-state index in [0.29, 0.717) is 5.69 Å². The number of fused-ring (bicyclic) bond motifs is 3. The topological polar surface area (TPSA) is 63.1 Å². The Morgan fingerprint density at radius 2 is 2.12 bits per heavy atom. The summed E-state index contributed by atoms with van der Waals surface area (Å²) in [5.74, 6) is -1.02. The summed E-state index contributed by atoms with van der Waals surface area (Å²) in [6.45, 7) is 0. The number of carbonyl (C=O) groups is 1. The fourth-order valence-electron chi connectivity index (χ4n) is 1.63. The van der Waals surface area contributed by atoms with E-state index in [-0.39, 0.29) is 5.69 Å². The van der Waals surface area contributed by atoms with Gasteiger partial charge in [0.25, 0.3) is 0 Å². The summed E-state index contributed by atoms with van der Waals surface area (Å²) in [5.41, 5.74) is 1.61. The van der Waals surface area contributed by atoms with Crippen LogP contribution in [0.25, 0.3) is 21.5 Å². The molecule has 0 atom stereocenters. The summed E-state index contributed by atoms with van der Waals surface area (Å²) in [6.07, 6.45) is 0. The maximum absolute atomic E-state index is 10.8. The molecule has 0 aliphatic carbocycles. The van der Waals surface area contributed by atoms with Crippen LogP contribution < -0.4 is 0 Å². The van der Waals surface area contributed by atoms with E-state index >= 15 is 0 Å². The number of nitrogens with zero attached hydrogens (tertiary/aromatic N) is 2. The van der Waals surface area contributed by atoms with Crippen LogP contribution in [0.4, 0.5) is 0 Å². The molecule has 2 aliphatic heterocycles. The zero-order valence-electron chi connectivity index (χ0n) is 8.04. The smallest absolute Gasteiger partial charge is 0.355 e. The molecule has 1 aromatic carbocycles. The van der Waals surface area contributed by atoms with E-state index in [2.05, 4.69) is 9.36 Å². The second-order valence-corrected chi connectivity index (χ2v) is 4.13. The standard InChI is InChI=1S/C11H6N2O2S/c14-11(15)9-5-8-10(16-13-9)6-3-1-2-4-7(6)12-8/h1-5H,(H,14,15). The maximum Gasteiger partial charge on any atom is 0.355 e. The molecule has 3 rings (SSSR count). The van der Waals surface area contributed by atoms with Crippen LogP contribution in [0, 0.1) is 0 Å². The molecular formula is C11H6N2O2S. The van der Waals surface area contributed by atoms with Crippen molar-refractivity contribution in [2.75, 3.05) is 0 Å². The molecule has 0 amide bonds. The molecule has 0 unspecified atom stereocenters. The van der Waals surface area contributed by atoms with Crippen LogP contribution in [-0.2, 0) is 0 Å². The van der Waals surface area contributed by atoms with Crippen LogP contribution in [0.5, 0.6) is 0 Å². The molecule has 5 heteroatoms. The molecule has 16 heavy (non-hydrogen) atoms. The van der Waals surface area contributed by atoms with Crippen LogP contribution >= 0.6 is 11.5 Å². The van der Waals surface area contributed by atoms with Gasteiger partial charge in [-0.25, -0.2) is 9.78 Å². The number of benzene rings is 1. The fraction of sp³-hybridized carbons (Fsp3) is 0. The number of aromatic nitrogens is 2. The van der Waals surface area contributed by atoms with Gasteiger partial charge in [-0.2, -0.15) is 4.37 Å². The van der Waals surface area contributed by atoms with Gasteiger partial charge < -0.3 is 5.11 Å². The number of aromatic carboxylic acids is 1. The summed E-state index contributed by atoms with van der Waals surface area (Å²) < 4.78 is 3.93. The van der Waals surface area contributed by atoms with Crippen molar-refractivity contribution in [3.05, 3.63) is 36.0 Å². The minimum atomic E-state index is -1.02. The molecule has 0 aromatic heterocycles. The highest BCUT2D eigenvalue weighted by molar-refractivity contribution is 7.10. The van der Waals surface area contributed by atoms with Gasteiger partial charge in [0.15, 0.2) is 5.69 Å². The lowest BCUT2D eigenvalue weighted by Gasteiger charge is -1.96. The van der Waals surface area contributed by atoms with Gasteiger partial charge >= 0.3 is 5.97 Å². The molecular weight excluding hydrogens is 224 g/mol. The molecule has 0 saturated carbocycles. The number of hydrogen-bond acceptors (Lipinski definition) is 4. The predicted octanol–water partition coefficient (Wildman–Crippen LogP) is 2.49. The van der Waals surface area contributed by atoms with Crippen LogP contribution in [0.1, 0.15) is 10.5 Å². The number of rotatable bonds is 1. The summed E-state index contributed by atoms with van der Waals surface area (Å²) in [7, 11) is 0. The van der Waals surface area contributed by atoms with Gasteiger partial charge in [0.1, 0.15) is 0 Å². The van der Waals surface area contributed by atoms with Gasteiger partial charge in [0.05, 0.1) is 16.1 Å². The van der Waals surface area contributed by atoms with Crippen molar-refractivity contribution < 1.29 is 9.90 Å². The molecule has 78 valence electrons. The lowest BCUT2D eigenvalue weighted by Crippen LogP contribution is -1.98. The normalized spacial score (nSPS) is 11.0. The molecule has 2 heterocycles. The Labute approximate surface area is 94.7 Å². The highest BCUT2D eigenvalue weighted by Gasteiger charge is 2.16. The molecule has 2 aliphatic rings. The quantitative estimate of drug-likeness (QED) is 0.697. The Balaban J connectivity index is 2.37. The summed E-state index contributed by atoms with van der Waals surface area (Å²) in [4.78, 5) is 16.1. The van der Waals surface area contributed by atoms with E-state index in [1.54, 1.807) is 0 Å². The van der Waals surface area contributed by atoms with Crippen molar-refractivity contribution in [2.24, 2.45) is 0 Å². The molecule has 0 fully saturated rings. The zero-order chi connectivity index (χ0) is 11.1. The average Bonchev–Trinajstić information content (AvgIpc) is 2.66. The van der Waals surface area contributed by atoms with E-state index < -0.39 is 5.97 Å². The lowest BCUT2D eigenvalue weighted by atomic mass is 10.2. The summed E-state index contributed by atoms with van der Waals surface area (Å²) >= 11 is 1.17. The van der Waals surface area contributed by atoms with Gasteiger partial charge in [-0.1, -0.05) is 18.2 Å². The first-order chi connectivity index (χ1) is 7.75. The Morgan fingerprint density at radius 3 is 2.94 bits per heavy atom. The van der Waals surface area contributed by atoms with E-state index in [1.807, 2.05) is 24.3 Å². The van der Waals surface area contributed by atoms with Crippen LogP contribution in [0.3, 0.4) is 0 Å². The number of para-hydroxylation sites is 1. The van der Waals surface area contributed by atoms with Crippen molar-refractivity contribution in [2.45, 2.75) is 0 Å². The molecule has 4 nitrogen and oxygen atoms in total. The number of carboxylic acid groups (broad SMARTS) is 1. The first kappa shape index (κ1) is 9.23. The number of hydrogen-bond donors (Lipinski definition) is 1. The predicted molar refractivity (Wildman–Crippen MR) is 61.0 cm³/mol. The molecule has 0 radical (unpaired) electrons. The number of carboxylic acids is 1. The molecule has 0 spiro atoms. The first-order valence-electron chi connectivity index (χ1n) is 4.64. The van der Waals surface area contributed by atoms with Crippen molar-refractivity contribution in [1.82, 2.24) is 9.36 Å². The largest absolute Gasteiger partial charge is 0.476 e. The molecule has 1 aromatic rings. The summed E-state index contributed by atoms with van der Waals surface area (Å²) in [6, 6.07) is 9.21. The molecule has 1 N–H and O–H groups in total. The van der Waals surface area contributed by atoms with E-state index in [9.17, 15) is 4.79 Å². The second kappa shape index (κ2) is 3.24. The van der Waals surface area contributed by atoms with Gasteiger partial charge in [-0.15, -0.1) is 0 Å². The van der Waals surface area contributed by atoms with Gasteiger partial charge in [-0.05, 0) is 23.7 Å². The van der Waals surface area contributed by atoms with Crippen LogP contribution in [-0.4, -0.2) is 20.4 Å². The highest BCUT2D eigenvalue weighted by atomic mass is 32.1. The van der Waals surface area contributed by atoms with Crippen molar-refractivity contribution in [1.29, 1.82) is 0 Å². The van der Waals surface area contributed by atoms with E-state index in [4.69, 9.17) is 5.11 Å². The van der Waals surface area contributed by atoms with Gasteiger partial charge in [0, 0.05) is 5.39 Å². The summed E-state index contributed by atoms with van der Waals surface area (Å²) in [5, 5.41) is 9.86. The second-order valence-electron chi connectivity index (χ2n) is 3.36. The highest BCUT2D eigenvalue weighted by Crippen LogP contribution is 2.33. The van der Waals surface area contributed by atoms with Crippen LogP contribution in [0.15, 0.2) is 30.3 Å².